The van der Waals surface area contributed by atoms with Crippen LogP contribution in [-0.2, 0) is 17.8 Å². The van der Waals surface area contributed by atoms with Crippen molar-refractivity contribution in [3.63, 3.8) is 0 Å². The third kappa shape index (κ3) is 4.33. The normalized spacial score (nSPS) is 22.5. The quantitative estimate of drug-likeness (QED) is 0.589. The standard InChI is InChI=1S/C26H33N5O3/c1-26(25(34)29-19-11-5-6-12-19)16-30-17-28-21(22(30)24(33)31(26)20-13-14-20)23(32)27-15-7-10-18-8-3-2-4-9-18/h2-4,8-9,17,19-20H,5-7,10-16H2,1H3,(H,27,32)(H,29,34)/t26-/m0/s1. The summed E-state index contributed by atoms with van der Waals surface area (Å²) in [6.45, 7) is 2.65. The van der Waals surface area contributed by atoms with E-state index in [2.05, 4.69) is 27.8 Å². The molecule has 2 N–H and O–H groups in total. The van der Waals surface area contributed by atoms with E-state index in [0.29, 0.717) is 18.8 Å². The lowest BCUT2D eigenvalue weighted by molar-refractivity contribution is -0.134. The first-order chi connectivity index (χ1) is 16.5. The average molecular weight is 464 g/mol. The third-order valence-corrected chi connectivity index (χ3v) is 7.35. The molecule has 2 heterocycles. The smallest absolute Gasteiger partial charge is 0.274 e. The lowest BCUT2D eigenvalue weighted by Gasteiger charge is -2.44. The van der Waals surface area contributed by atoms with Gasteiger partial charge in [-0.1, -0.05) is 43.2 Å². The lowest BCUT2D eigenvalue weighted by Crippen LogP contribution is -2.65. The summed E-state index contributed by atoms with van der Waals surface area (Å²) in [6, 6.07) is 10.4. The molecule has 0 bridgehead atoms. The number of aryl methyl sites for hydroxylation is 1. The van der Waals surface area contributed by atoms with Crippen LogP contribution in [0.4, 0.5) is 0 Å². The van der Waals surface area contributed by atoms with Crippen LogP contribution in [0.2, 0.25) is 0 Å². The van der Waals surface area contributed by atoms with E-state index in [9.17, 15) is 14.4 Å². The SMILES string of the molecule is C[C@@]1(C(=O)NC2CCCC2)Cn2cnc(C(=O)NCCCc3ccccc3)c2C(=O)N1C1CC1. The molecule has 3 aliphatic rings. The van der Waals surface area contributed by atoms with Gasteiger partial charge in [-0.25, -0.2) is 4.98 Å². The summed E-state index contributed by atoms with van der Waals surface area (Å²) in [5, 5.41) is 6.10. The van der Waals surface area contributed by atoms with Crippen LogP contribution in [0.1, 0.15) is 78.4 Å². The maximum atomic E-state index is 13.7. The van der Waals surface area contributed by atoms with E-state index in [1.807, 2.05) is 25.1 Å². The van der Waals surface area contributed by atoms with Gasteiger partial charge in [-0.2, -0.15) is 0 Å². The van der Waals surface area contributed by atoms with Crippen molar-refractivity contribution in [1.82, 2.24) is 25.1 Å². The molecule has 2 aromatic rings. The molecule has 180 valence electrons. The first-order valence-corrected chi connectivity index (χ1v) is 12.5. The van der Waals surface area contributed by atoms with Gasteiger partial charge in [-0.3, -0.25) is 14.4 Å². The highest BCUT2D eigenvalue weighted by molar-refractivity contribution is 6.07. The van der Waals surface area contributed by atoms with Crippen LogP contribution in [0, 0.1) is 0 Å². The van der Waals surface area contributed by atoms with Crippen molar-refractivity contribution in [2.75, 3.05) is 6.54 Å². The Kier molecular flexibility index (Phi) is 6.15. The van der Waals surface area contributed by atoms with Gasteiger partial charge in [-0.15, -0.1) is 0 Å². The monoisotopic (exact) mass is 463 g/mol. The van der Waals surface area contributed by atoms with E-state index >= 15 is 0 Å². The summed E-state index contributed by atoms with van der Waals surface area (Å²) in [7, 11) is 0. The Bertz CT molecular complexity index is 1070. The van der Waals surface area contributed by atoms with Gasteiger partial charge in [0.2, 0.25) is 5.91 Å². The molecule has 2 fully saturated rings. The van der Waals surface area contributed by atoms with Gasteiger partial charge in [0.25, 0.3) is 11.8 Å². The number of aromatic nitrogens is 2. The molecular weight excluding hydrogens is 430 g/mol. The average Bonchev–Trinajstić information content (AvgIpc) is 3.34. The number of nitrogens with one attached hydrogen (secondary N) is 2. The molecule has 1 atom stereocenters. The van der Waals surface area contributed by atoms with Gasteiger partial charge in [0.15, 0.2) is 5.69 Å². The van der Waals surface area contributed by atoms with E-state index in [-0.39, 0.29) is 35.5 Å². The summed E-state index contributed by atoms with van der Waals surface area (Å²) in [5.41, 5.74) is 0.673. The maximum absolute atomic E-state index is 13.7. The van der Waals surface area contributed by atoms with Crippen molar-refractivity contribution in [2.45, 2.75) is 82.5 Å². The van der Waals surface area contributed by atoms with Crippen LogP contribution < -0.4 is 10.6 Å². The number of carbonyl (C=O) groups excluding carboxylic acids is 3. The van der Waals surface area contributed by atoms with Gasteiger partial charge in [-0.05, 0) is 51.0 Å². The minimum absolute atomic E-state index is 0.0391. The number of hydrogen-bond acceptors (Lipinski definition) is 4. The molecule has 1 aromatic heterocycles. The topological polar surface area (TPSA) is 96.3 Å². The van der Waals surface area contributed by atoms with Crippen molar-refractivity contribution in [3.05, 3.63) is 53.6 Å². The molecule has 2 saturated carbocycles. The summed E-state index contributed by atoms with van der Waals surface area (Å²) >= 11 is 0. The Morgan fingerprint density at radius 3 is 2.56 bits per heavy atom. The number of carbonyl (C=O) groups is 3. The molecule has 8 heteroatoms. The second kappa shape index (κ2) is 9.24. The number of nitrogens with zero attached hydrogens (tertiary/aromatic N) is 3. The van der Waals surface area contributed by atoms with Crippen molar-refractivity contribution in [3.8, 4) is 0 Å². The molecule has 5 rings (SSSR count). The van der Waals surface area contributed by atoms with Crippen LogP contribution in [0.5, 0.6) is 0 Å². The van der Waals surface area contributed by atoms with E-state index in [0.717, 1.165) is 51.4 Å². The first-order valence-electron chi connectivity index (χ1n) is 12.5. The number of amides is 3. The zero-order chi connectivity index (χ0) is 23.7. The molecular formula is C26H33N5O3. The highest BCUT2D eigenvalue weighted by Gasteiger charge is 2.54. The summed E-state index contributed by atoms with van der Waals surface area (Å²) in [5.74, 6) is -0.722. The molecule has 1 aliphatic heterocycles. The molecule has 2 aliphatic carbocycles. The Labute approximate surface area is 200 Å². The van der Waals surface area contributed by atoms with Gasteiger partial charge in [0, 0.05) is 18.6 Å². The first kappa shape index (κ1) is 22.6. The minimum atomic E-state index is -0.988. The van der Waals surface area contributed by atoms with E-state index in [1.165, 1.54) is 11.9 Å². The van der Waals surface area contributed by atoms with E-state index < -0.39 is 5.54 Å². The summed E-state index contributed by atoms with van der Waals surface area (Å²) < 4.78 is 1.69. The van der Waals surface area contributed by atoms with Gasteiger partial charge < -0.3 is 20.1 Å². The zero-order valence-corrected chi connectivity index (χ0v) is 19.8. The number of fused-ring (bicyclic) bond motifs is 1. The molecule has 0 saturated heterocycles. The van der Waals surface area contributed by atoms with Crippen LogP contribution in [0.3, 0.4) is 0 Å². The van der Waals surface area contributed by atoms with Crippen LogP contribution >= 0.6 is 0 Å². The zero-order valence-electron chi connectivity index (χ0n) is 19.8. The number of hydrogen-bond donors (Lipinski definition) is 2. The van der Waals surface area contributed by atoms with Gasteiger partial charge in [0.1, 0.15) is 11.2 Å². The van der Waals surface area contributed by atoms with Gasteiger partial charge in [0.05, 0.1) is 12.9 Å². The number of imidazole rings is 1. The Balaban J connectivity index is 1.29. The highest BCUT2D eigenvalue weighted by Crippen LogP contribution is 2.39. The van der Waals surface area contributed by atoms with E-state index in [4.69, 9.17) is 0 Å². The fourth-order valence-electron chi connectivity index (χ4n) is 5.36. The molecule has 0 radical (unpaired) electrons. The minimum Gasteiger partial charge on any atom is -0.351 e. The predicted octanol–water partition coefficient (Wildman–Crippen LogP) is 2.68. The fourth-order valence-corrected chi connectivity index (χ4v) is 5.36. The number of rotatable bonds is 8. The fraction of sp³-hybridized carbons (Fsp3) is 0.538. The van der Waals surface area contributed by atoms with Crippen molar-refractivity contribution < 1.29 is 14.4 Å². The van der Waals surface area contributed by atoms with Crippen LogP contribution in [-0.4, -0.2) is 56.3 Å². The van der Waals surface area contributed by atoms with Crippen molar-refractivity contribution >= 4 is 17.7 Å². The molecule has 8 nitrogen and oxygen atoms in total. The van der Waals surface area contributed by atoms with Crippen LogP contribution in [0.25, 0.3) is 0 Å². The second-order valence-electron chi connectivity index (χ2n) is 10.0. The largest absolute Gasteiger partial charge is 0.351 e. The van der Waals surface area contributed by atoms with E-state index in [1.54, 1.807) is 9.47 Å². The predicted molar refractivity (Wildman–Crippen MR) is 127 cm³/mol. The molecule has 1 aromatic carbocycles. The second-order valence-corrected chi connectivity index (χ2v) is 10.0. The molecule has 34 heavy (non-hydrogen) atoms. The van der Waals surface area contributed by atoms with Crippen molar-refractivity contribution in [1.29, 1.82) is 0 Å². The highest BCUT2D eigenvalue weighted by atomic mass is 16.2. The van der Waals surface area contributed by atoms with Crippen molar-refractivity contribution in [2.24, 2.45) is 0 Å². The molecule has 0 unspecified atom stereocenters. The lowest BCUT2D eigenvalue weighted by atomic mass is 9.93. The maximum Gasteiger partial charge on any atom is 0.274 e. The Hall–Kier alpha value is -3.16. The number of benzene rings is 1. The Morgan fingerprint density at radius 2 is 1.85 bits per heavy atom. The summed E-state index contributed by atoms with van der Waals surface area (Å²) in [4.78, 5) is 46.0. The molecule has 0 spiro atoms. The summed E-state index contributed by atoms with van der Waals surface area (Å²) in [6.07, 6.45) is 9.19. The Morgan fingerprint density at radius 1 is 1.12 bits per heavy atom. The van der Waals surface area contributed by atoms with Gasteiger partial charge >= 0.3 is 0 Å². The third-order valence-electron chi connectivity index (χ3n) is 7.35. The molecule has 3 amide bonds. The van der Waals surface area contributed by atoms with Crippen LogP contribution in [0.15, 0.2) is 36.7 Å².